The monoisotopic (exact) mass is 367 g/mol. The van der Waals surface area contributed by atoms with Crippen LogP contribution in [0, 0.1) is 6.92 Å². The summed E-state index contributed by atoms with van der Waals surface area (Å²) >= 11 is 1.73. The van der Waals surface area contributed by atoms with Crippen molar-refractivity contribution in [3.8, 4) is 17.0 Å². The number of carboxylic acid groups (broad SMARTS) is 1. The summed E-state index contributed by atoms with van der Waals surface area (Å²) in [6, 6.07) is 8.28. The number of carboxylic acids is 1. The number of rotatable bonds is 4. The number of pyridine rings is 1. The Balaban J connectivity index is 2.09. The number of hydrogen-bond donors (Lipinski definition) is 1. The minimum absolute atomic E-state index is 0.0973. The summed E-state index contributed by atoms with van der Waals surface area (Å²) in [6.07, 6.45) is 4.40. The molecule has 134 valence electrons. The van der Waals surface area contributed by atoms with Crippen molar-refractivity contribution in [3.05, 3.63) is 45.8 Å². The van der Waals surface area contributed by atoms with Crippen LogP contribution in [0.1, 0.15) is 34.4 Å². The lowest BCUT2D eigenvalue weighted by Crippen LogP contribution is -2.07. The highest BCUT2D eigenvalue weighted by Gasteiger charge is 2.25. The maximum atomic E-state index is 11.6. The molecule has 2 aromatic heterocycles. The van der Waals surface area contributed by atoms with Crippen molar-refractivity contribution in [3.63, 3.8) is 0 Å². The third-order valence-corrected chi connectivity index (χ3v) is 6.21. The van der Waals surface area contributed by atoms with Crippen LogP contribution >= 0.6 is 11.3 Å². The molecular weight excluding hydrogens is 346 g/mol. The summed E-state index contributed by atoms with van der Waals surface area (Å²) in [5, 5.41) is 10.6. The van der Waals surface area contributed by atoms with E-state index in [0.29, 0.717) is 11.4 Å². The predicted molar refractivity (Wildman–Crippen MR) is 104 cm³/mol. The van der Waals surface area contributed by atoms with Gasteiger partial charge in [-0.05, 0) is 43.7 Å². The number of carbonyl (C=O) groups is 1. The molecule has 5 heteroatoms. The molecule has 2 heterocycles. The van der Waals surface area contributed by atoms with Crippen LogP contribution in [0.25, 0.3) is 21.3 Å². The first-order valence-corrected chi connectivity index (χ1v) is 9.70. The Labute approximate surface area is 156 Å². The Morgan fingerprint density at radius 2 is 1.96 bits per heavy atom. The maximum absolute atomic E-state index is 11.6. The van der Waals surface area contributed by atoms with Crippen molar-refractivity contribution in [1.82, 2.24) is 4.98 Å². The zero-order chi connectivity index (χ0) is 18.3. The van der Waals surface area contributed by atoms with Gasteiger partial charge in [0.15, 0.2) is 0 Å². The Morgan fingerprint density at radius 1 is 1.23 bits per heavy atom. The second-order valence-corrected chi connectivity index (χ2v) is 7.89. The van der Waals surface area contributed by atoms with E-state index in [9.17, 15) is 9.90 Å². The van der Waals surface area contributed by atoms with Gasteiger partial charge < -0.3 is 9.84 Å². The molecule has 0 spiro atoms. The van der Waals surface area contributed by atoms with Gasteiger partial charge in [-0.1, -0.05) is 29.8 Å². The van der Waals surface area contributed by atoms with Gasteiger partial charge in [-0.2, -0.15) is 0 Å². The summed E-state index contributed by atoms with van der Waals surface area (Å²) in [7, 11) is 1.56. The molecule has 3 aromatic rings. The summed E-state index contributed by atoms with van der Waals surface area (Å²) in [6.45, 7) is 2.05. The van der Waals surface area contributed by atoms with E-state index in [2.05, 4.69) is 36.2 Å². The van der Waals surface area contributed by atoms with Crippen LogP contribution in [0.2, 0.25) is 0 Å². The number of aliphatic carboxylic acids is 1. The van der Waals surface area contributed by atoms with Gasteiger partial charge in [0.2, 0.25) is 5.88 Å². The molecule has 1 aliphatic carbocycles. The third-order valence-electron chi connectivity index (χ3n) is 5.03. The van der Waals surface area contributed by atoms with Crippen molar-refractivity contribution in [2.75, 3.05) is 7.11 Å². The number of thiophene rings is 1. The fourth-order valence-corrected chi connectivity index (χ4v) is 5.09. The predicted octanol–water partition coefficient (Wildman–Crippen LogP) is 4.79. The van der Waals surface area contributed by atoms with Crippen molar-refractivity contribution in [2.45, 2.75) is 39.0 Å². The number of nitrogens with zero attached hydrogens (tertiary/aromatic N) is 1. The molecule has 0 unspecified atom stereocenters. The van der Waals surface area contributed by atoms with E-state index in [1.165, 1.54) is 28.8 Å². The molecule has 0 aliphatic heterocycles. The topological polar surface area (TPSA) is 59.4 Å². The molecule has 0 amide bonds. The first kappa shape index (κ1) is 17.0. The number of aryl methyl sites for hydroxylation is 3. The van der Waals surface area contributed by atoms with Gasteiger partial charge in [-0.3, -0.25) is 4.79 Å². The van der Waals surface area contributed by atoms with Crippen molar-refractivity contribution < 1.29 is 14.6 Å². The average Bonchev–Trinajstić information content (AvgIpc) is 3.00. The minimum Gasteiger partial charge on any atom is -0.481 e. The quantitative estimate of drug-likeness (QED) is 0.720. The number of ether oxygens (including phenoxy) is 1. The minimum atomic E-state index is -0.873. The number of methoxy groups -OCH3 is 1. The number of aromatic nitrogens is 1. The van der Waals surface area contributed by atoms with E-state index in [-0.39, 0.29) is 6.42 Å². The normalized spacial score (nSPS) is 13.6. The van der Waals surface area contributed by atoms with Crippen LogP contribution in [0.4, 0.5) is 0 Å². The first-order chi connectivity index (χ1) is 12.6. The van der Waals surface area contributed by atoms with E-state index < -0.39 is 5.97 Å². The molecule has 0 saturated carbocycles. The zero-order valence-corrected chi connectivity index (χ0v) is 15.8. The Morgan fingerprint density at radius 3 is 2.65 bits per heavy atom. The number of benzene rings is 1. The molecule has 1 aromatic carbocycles. The van der Waals surface area contributed by atoms with Gasteiger partial charge in [-0.25, -0.2) is 4.98 Å². The second-order valence-electron chi connectivity index (χ2n) is 6.80. The molecule has 26 heavy (non-hydrogen) atoms. The third kappa shape index (κ3) is 2.86. The van der Waals surface area contributed by atoms with Crippen molar-refractivity contribution in [2.24, 2.45) is 0 Å². The largest absolute Gasteiger partial charge is 0.481 e. The van der Waals surface area contributed by atoms with E-state index >= 15 is 0 Å². The summed E-state index contributed by atoms with van der Waals surface area (Å²) in [5.41, 5.74) is 5.21. The highest BCUT2D eigenvalue weighted by Crippen LogP contribution is 2.44. The summed E-state index contributed by atoms with van der Waals surface area (Å²) in [4.78, 5) is 18.6. The maximum Gasteiger partial charge on any atom is 0.308 e. The van der Waals surface area contributed by atoms with Crippen LogP contribution in [-0.4, -0.2) is 23.2 Å². The van der Waals surface area contributed by atoms with Gasteiger partial charge in [0.25, 0.3) is 0 Å². The van der Waals surface area contributed by atoms with Crippen molar-refractivity contribution in [1.29, 1.82) is 0 Å². The zero-order valence-electron chi connectivity index (χ0n) is 15.0. The van der Waals surface area contributed by atoms with E-state index in [1.54, 1.807) is 18.4 Å². The molecule has 4 nitrogen and oxygen atoms in total. The van der Waals surface area contributed by atoms with Crippen LogP contribution in [0.5, 0.6) is 5.88 Å². The fourth-order valence-electron chi connectivity index (χ4n) is 3.83. The standard InChI is InChI=1S/C21H21NO3S/c1-12-7-9-13(10-8-12)18-15(11-17(23)24)20(25-2)22-21-19(18)14-5-3-4-6-16(14)26-21/h7-10H,3-6,11H2,1-2H3,(H,23,24). The second kappa shape index (κ2) is 6.72. The van der Waals surface area contributed by atoms with E-state index in [4.69, 9.17) is 4.74 Å². The molecule has 0 fully saturated rings. The molecule has 1 N–H and O–H groups in total. The summed E-state index contributed by atoms with van der Waals surface area (Å²) in [5.74, 6) is -0.448. The van der Waals surface area contributed by atoms with Crippen LogP contribution in [0.3, 0.4) is 0 Å². The van der Waals surface area contributed by atoms with Gasteiger partial charge in [0.1, 0.15) is 4.83 Å². The highest BCUT2D eigenvalue weighted by atomic mass is 32.1. The van der Waals surface area contributed by atoms with Crippen LogP contribution < -0.4 is 4.74 Å². The Hall–Kier alpha value is -2.40. The molecular formula is C21H21NO3S. The lowest BCUT2D eigenvalue weighted by molar-refractivity contribution is -0.136. The molecule has 0 radical (unpaired) electrons. The van der Waals surface area contributed by atoms with Gasteiger partial charge in [0, 0.05) is 21.4 Å². The summed E-state index contributed by atoms with van der Waals surface area (Å²) < 4.78 is 5.50. The fraction of sp³-hybridized carbons (Fsp3) is 0.333. The Kier molecular flexibility index (Phi) is 4.41. The first-order valence-electron chi connectivity index (χ1n) is 8.88. The van der Waals surface area contributed by atoms with Crippen LogP contribution in [0.15, 0.2) is 24.3 Å². The smallest absolute Gasteiger partial charge is 0.308 e. The van der Waals surface area contributed by atoms with Gasteiger partial charge in [-0.15, -0.1) is 11.3 Å². The van der Waals surface area contributed by atoms with Crippen molar-refractivity contribution >= 4 is 27.5 Å². The average molecular weight is 367 g/mol. The number of hydrogen-bond acceptors (Lipinski definition) is 4. The molecule has 1 aliphatic rings. The van der Waals surface area contributed by atoms with E-state index in [0.717, 1.165) is 34.2 Å². The molecule has 0 atom stereocenters. The molecule has 4 rings (SSSR count). The number of fused-ring (bicyclic) bond motifs is 3. The van der Waals surface area contributed by atoms with Crippen LogP contribution in [-0.2, 0) is 24.1 Å². The lowest BCUT2D eigenvalue weighted by Gasteiger charge is -2.17. The molecule has 0 bridgehead atoms. The SMILES string of the molecule is COc1nc2sc3c(c2c(-c2ccc(C)cc2)c1CC(=O)O)CCCC3. The highest BCUT2D eigenvalue weighted by molar-refractivity contribution is 7.19. The van der Waals surface area contributed by atoms with Gasteiger partial charge >= 0.3 is 5.97 Å². The van der Waals surface area contributed by atoms with E-state index in [1.807, 2.05) is 0 Å². The van der Waals surface area contributed by atoms with Gasteiger partial charge in [0.05, 0.1) is 13.5 Å². The Bertz CT molecular complexity index is 989. The molecule has 0 saturated heterocycles. The lowest BCUT2D eigenvalue weighted by atomic mass is 9.89.